The van der Waals surface area contributed by atoms with Gasteiger partial charge in [-0.1, -0.05) is 13.3 Å². The first-order valence-electron chi connectivity index (χ1n) is 7.46. The predicted molar refractivity (Wildman–Crippen MR) is 78.4 cm³/mol. The Morgan fingerprint density at radius 1 is 1.30 bits per heavy atom. The topological polar surface area (TPSA) is 58.6 Å². The standard InChI is InChI=1S/C15H28N2O3/c1-6-7-12-8-13(10-17(9-12)11(2)18)16-14(19)20-15(3,4)5/h12-13H,6-10H2,1-5H3,(H,16,19). The molecule has 0 bridgehead atoms. The molecule has 0 saturated carbocycles. The molecule has 1 aliphatic rings. The van der Waals surface area contributed by atoms with Crippen LogP contribution in [0.15, 0.2) is 0 Å². The maximum atomic E-state index is 11.8. The number of hydrogen-bond donors (Lipinski definition) is 1. The van der Waals surface area contributed by atoms with Crippen molar-refractivity contribution in [3.05, 3.63) is 0 Å². The highest BCUT2D eigenvalue weighted by Crippen LogP contribution is 2.22. The number of rotatable bonds is 3. The monoisotopic (exact) mass is 284 g/mol. The van der Waals surface area contributed by atoms with Gasteiger partial charge in [0.2, 0.25) is 5.91 Å². The molecule has 0 aromatic rings. The second-order valence-corrected chi connectivity index (χ2v) is 6.66. The molecule has 2 atom stereocenters. The van der Waals surface area contributed by atoms with Crippen LogP contribution in [0.4, 0.5) is 4.79 Å². The predicted octanol–water partition coefficient (Wildman–Crippen LogP) is 2.55. The van der Waals surface area contributed by atoms with Crippen LogP contribution in [0.1, 0.15) is 53.9 Å². The van der Waals surface area contributed by atoms with Crippen molar-refractivity contribution in [2.75, 3.05) is 13.1 Å². The summed E-state index contributed by atoms with van der Waals surface area (Å²) in [4.78, 5) is 25.2. The van der Waals surface area contributed by atoms with Gasteiger partial charge in [0.1, 0.15) is 5.60 Å². The molecular weight excluding hydrogens is 256 g/mol. The minimum absolute atomic E-state index is 0.0148. The molecule has 0 aromatic heterocycles. The third-order valence-corrected chi connectivity index (χ3v) is 3.40. The smallest absolute Gasteiger partial charge is 0.407 e. The van der Waals surface area contributed by atoms with Gasteiger partial charge in [-0.2, -0.15) is 0 Å². The van der Waals surface area contributed by atoms with Crippen LogP contribution in [0, 0.1) is 5.92 Å². The van der Waals surface area contributed by atoms with Crippen molar-refractivity contribution in [3.8, 4) is 0 Å². The van der Waals surface area contributed by atoms with E-state index < -0.39 is 11.7 Å². The van der Waals surface area contributed by atoms with Crippen LogP contribution in [0.5, 0.6) is 0 Å². The quantitative estimate of drug-likeness (QED) is 0.866. The maximum absolute atomic E-state index is 11.8. The first-order chi connectivity index (χ1) is 9.21. The van der Waals surface area contributed by atoms with E-state index in [0.29, 0.717) is 12.5 Å². The van der Waals surface area contributed by atoms with Crippen LogP contribution < -0.4 is 5.32 Å². The molecule has 0 spiro atoms. The second-order valence-electron chi connectivity index (χ2n) is 6.66. The van der Waals surface area contributed by atoms with Crippen molar-refractivity contribution in [1.82, 2.24) is 10.2 Å². The van der Waals surface area contributed by atoms with Crippen LogP contribution in [-0.4, -0.2) is 41.6 Å². The highest BCUT2D eigenvalue weighted by molar-refractivity contribution is 5.73. The largest absolute Gasteiger partial charge is 0.444 e. The number of piperidine rings is 1. The van der Waals surface area contributed by atoms with Crippen LogP contribution in [-0.2, 0) is 9.53 Å². The molecule has 1 fully saturated rings. The zero-order chi connectivity index (χ0) is 15.3. The van der Waals surface area contributed by atoms with E-state index in [1.807, 2.05) is 25.7 Å². The van der Waals surface area contributed by atoms with E-state index >= 15 is 0 Å². The van der Waals surface area contributed by atoms with Crippen LogP contribution >= 0.6 is 0 Å². The Labute approximate surface area is 122 Å². The normalized spacial score (nSPS) is 23.4. The number of amides is 2. The van der Waals surface area contributed by atoms with Gasteiger partial charge in [0.15, 0.2) is 0 Å². The molecular formula is C15H28N2O3. The fourth-order valence-electron chi connectivity index (χ4n) is 2.66. The third-order valence-electron chi connectivity index (χ3n) is 3.40. The van der Waals surface area contributed by atoms with E-state index in [1.54, 1.807) is 6.92 Å². The van der Waals surface area contributed by atoms with Crippen molar-refractivity contribution < 1.29 is 14.3 Å². The fourth-order valence-corrected chi connectivity index (χ4v) is 2.66. The first kappa shape index (κ1) is 16.8. The summed E-state index contributed by atoms with van der Waals surface area (Å²) in [6.07, 6.45) is 2.69. The number of alkyl carbamates (subject to hydrolysis) is 1. The van der Waals surface area contributed by atoms with E-state index in [4.69, 9.17) is 4.74 Å². The number of carbonyl (C=O) groups is 2. The zero-order valence-corrected chi connectivity index (χ0v) is 13.4. The van der Waals surface area contributed by atoms with E-state index in [1.165, 1.54) is 0 Å². The minimum Gasteiger partial charge on any atom is -0.444 e. The highest BCUT2D eigenvalue weighted by Gasteiger charge is 2.30. The molecule has 5 nitrogen and oxygen atoms in total. The lowest BCUT2D eigenvalue weighted by atomic mass is 9.90. The van der Waals surface area contributed by atoms with Gasteiger partial charge in [-0.25, -0.2) is 4.79 Å². The summed E-state index contributed by atoms with van der Waals surface area (Å²) >= 11 is 0. The molecule has 0 radical (unpaired) electrons. The zero-order valence-electron chi connectivity index (χ0n) is 13.4. The van der Waals surface area contributed by atoms with Crippen molar-refractivity contribution in [2.45, 2.75) is 65.5 Å². The molecule has 1 N–H and O–H groups in total. The number of likely N-dealkylation sites (tertiary alicyclic amines) is 1. The molecule has 1 rings (SSSR count). The Morgan fingerprint density at radius 2 is 1.95 bits per heavy atom. The number of ether oxygens (including phenoxy) is 1. The van der Waals surface area contributed by atoms with Crippen molar-refractivity contribution in [1.29, 1.82) is 0 Å². The molecule has 0 aliphatic carbocycles. The Morgan fingerprint density at radius 3 is 2.45 bits per heavy atom. The Bertz CT molecular complexity index is 350. The summed E-state index contributed by atoms with van der Waals surface area (Å²) < 4.78 is 5.28. The van der Waals surface area contributed by atoms with Gasteiger partial charge in [-0.05, 0) is 39.5 Å². The summed E-state index contributed by atoms with van der Waals surface area (Å²) in [5.74, 6) is 0.527. The van der Waals surface area contributed by atoms with E-state index in [0.717, 1.165) is 25.8 Å². The molecule has 1 heterocycles. The first-order valence-corrected chi connectivity index (χ1v) is 7.46. The second kappa shape index (κ2) is 6.95. The Kier molecular flexibility index (Phi) is 5.84. The molecule has 20 heavy (non-hydrogen) atoms. The lowest BCUT2D eigenvalue weighted by molar-refractivity contribution is -0.131. The highest BCUT2D eigenvalue weighted by atomic mass is 16.6. The van der Waals surface area contributed by atoms with Gasteiger partial charge < -0.3 is 15.0 Å². The summed E-state index contributed by atoms with van der Waals surface area (Å²) in [6.45, 7) is 10.6. The summed E-state index contributed by atoms with van der Waals surface area (Å²) in [5.41, 5.74) is -0.498. The lowest BCUT2D eigenvalue weighted by Crippen LogP contribution is -2.52. The molecule has 1 aliphatic heterocycles. The van der Waals surface area contributed by atoms with Crippen molar-refractivity contribution in [2.24, 2.45) is 5.92 Å². The number of hydrogen-bond acceptors (Lipinski definition) is 3. The number of nitrogens with zero attached hydrogens (tertiary/aromatic N) is 1. The van der Waals surface area contributed by atoms with Gasteiger partial charge in [0.25, 0.3) is 0 Å². The Balaban J connectivity index is 2.58. The average molecular weight is 284 g/mol. The lowest BCUT2D eigenvalue weighted by Gasteiger charge is -2.37. The van der Waals surface area contributed by atoms with E-state index in [2.05, 4.69) is 12.2 Å². The van der Waals surface area contributed by atoms with Crippen molar-refractivity contribution in [3.63, 3.8) is 0 Å². The molecule has 0 aromatic carbocycles. The van der Waals surface area contributed by atoms with Gasteiger partial charge >= 0.3 is 6.09 Å². The van der Waals surface area contributed by atoms with E-state index in [9.17, 15) is 9.59 Å². The van der Waals surface area contributed by atoms with E-state index in [-0.39, 0.29) is 11.9 Å². The van der Waals surface area contributed by atoms with Gasteiger partial charge in [0.05, 0.1) is 6.04 Å². The molecule has 2 unspecified atom stereocenters. The number of nitrogens with one attached hydrogen (secondary N) is 1. The molecule has 1 saturated heterocycles. The van der Waals surface area contributed by atoms with Crippen LogP contribution in [0.2, 0.25) is 0 Å². The van der Waals surface area contributed by atoms with Gasteiger partial charge in [-0.15, -0.1) is 0 Å². The van der Waals surface area contributed by atoms with Crippen LogP contribution in [0.25, 0.3) is 0 Å². The molecule has 5 heteroatoms. The van der Waals surface area contributed by atoms with Gasteiger partial charge in [-0.3, -0.25) is 4.79 Å². The van der Waals surface area contributed by atoms with Crippen LogP contribution in [0.3, 0.4) is 0 Å². The minimum atomic E-state index is -0.498. The Hall–Kier alpha value is -1.26. The molecule has 116 valence electrons. The third kappa shape index (κ3) is 5.80. The SMILES string of the molecule is CCCC1CC(NC(=O)OC(C)(C)C)CN(C(C)=O)C1. The average Bonchev–Trinajstić information content (AvgIpc) is 2.26. The maximum Gasteiger partial charge on any atom is 0.407 e. The fraction of sp³-hybridized carbons (Fsp3) is 0.867. The summed E-state index contributed by atoms with van der Waals surface area (Å²) in [6, 6.07) is -0.0148. The summed E-state index contributed by atoms with van der Waals surface area (Å²) in [7, 11) is 0. The molecule has 2 amide bonds. The summed E-state index contributed by atoms with van der Waals surface area (Å²) in [5, 5.41) is 2.89. The van der Waals surface area contributed by atoms with Gasteiger partial charge in [0, 0.05) is 20.0 Å². The number of carbonyl (C=O) groups excluding carboxylic acids is 2. The van der Waals surface area contributed by atoms with Crippen molar-refractivity contribution >= 4 is 12.0 Å².